The van der Waals surface area contributed by atoms with Crippen molar-refractivity contribution in [3.05, 3.63) is 48.0 Å². The van der Waals surface area contributed by atoms with Crippen molar-refractivity contribution in [3.63, 3.8) is 0 Å². The normalized spacial score (nSPS) is 11.8. The van der Waals surface area contributed by atoms with E-state index < -0.39 is 0 Å². The van der Waals surface area contributed by atoms with Gasteiger partial charge in [-0.25, -0.2) is 4.39 Å². The Morgan fingerprint density at radius 3 is 2.67 bits per heavy atom. The number of methoxy groups -OCH3 is 1. The standard InChI is InChI=1S/C16H19FN2O2/c1-4-21-16-9-13(6-8-15(16)20-3)19-11(2)14-7-5-12(17)10-18-14/h5-11,19H,4H2,1-3H3. The molecule has 5 heteroatoms. The lowest BCUT2D eigenvalue weighted by molar-refractivity contribution is 0.311. The summed E-state index contributed by atoms with van der Waals surface area (Å²) in [5.74, 6) is 1.04. The summed E-state index contributed by atoms with van der Waals surface area (Å²) in [7, 11) is 1.61. The number of halogens is 1. The van der Waals surface area contributed by atoms with E-state index in [0.717, 1.165) is 11.4 Å². The first-order valence-electron chi connectivity index (χ1n) is 6.83. The minimum absolute atomic E-state index is 0.0477. The Kier molecular flexibility index (Phi) is 4.98. The highest BCUT2D eigenvalue weighted by Crippen LogP contribution is 2.31. The molecule has 1 unspecified atom stereocenters. The molecule has 1 heterocycles. The van der Waals surface area contributed by atoms with Crippen LogP contribution in [0.3, 0.4) is 0 Å². The van der Waals surface area contributed by atoms with Crippen LogP contribution in [-0.2, 0) is 0 Å². The summed E-state index contributed by atoms with van der Waals surface area (Å²) in [6.07, 6.45) is 1.22. The quantitative estimate of drug-likeness (QED) is 0.878. The smallest absolute Gasteiger partial charge is 0.163 e. The zero-order valence-corrected chi connectivity index (χ0v) is 12.4. The number of aromatic nitrogens is 1. The van der Waals surface area contributed by atoms with Crippen LogP contribution in [0, 0.1) is 5.82 Å². The number of hydrogen-bond acceptors (Lipinski definition) is 4. The van der Waals surface area contributed by atoms with Gasteiger partial charge in [0.15, 0.2) is 11.5 Å². The molecule has 0 radical (unpaired) electrons. The summed E-state index contributed by atoms with van der Waals surface area (Å²) in [6.45, 7) is 4.45. The number of anilines is 1. The molecule has 0 amide bonds. The Bertz CT molecular complexity index is 587. The van der Waals surface area contributed by atoms with E-state index in [1.807, 2.05) is 32.0 Å². The predicted octanol–water partition coefficient (Wildman–Crippen LogP) is 3.80. The van der Waals surface area contributed by atoms with E-state index in [1.54, 1.807) is 13.2 Å². The maximum atomic E-state index is 12.9. The predicted molar refractivity (Wildman–Crippen MR) is 80.4 cm³/mol. The van der Waals surface area contributed by atoms with Gasteiger partial charge in [-0.05, 0) is 38.1 Å². The molecule has 0 spiro atoms. The molecule has 1 aromatic heterocycles. The number of hydrogen-bond donors (Lipinski definition) is 1. The molecule has 112 valence electrons. The molecule has 2 aromatic rings. The molecule has 21 heavy (non-hydrogen) atoms. The van der Waals surface area contributed by atoms with E-state index in [4.69, 9.17) is 9.47 Å². The zero-order valence-electron chi connectivity index (χ0n) is 12.4. The molecule has 1 aromatic carbocycles. The van der Waals surface area contributed by atoms with E-state index in [0.29, 0.717) is 18.1 Å². The van der Waals surface area contributed by atoms with Crippen LogP contribution < -0.4 is 14.8 Å². The van der Waals surface area contributed by atoms with Gasteiger partial charge in [0.25, 0.3) is 0 Å². The average Bonchev–Trinajstić information content (AvgIpc) is 2.48. The highest BCUT2D eigenvalue weighted by Gasteiger charge is 2.10. The first kappa shape index (κ1) is 15.1. The van der Waals surface area contributed by atoms with Crippen molar-refractivity contribution in [3.8, 4) is 11.5 Å². The summed E-state index contributed by atoms with van der Waals surface area (Å²) in [5.41, 5.74) is 1.66. The van der Waals surface area contributed by atoms with Crippen molar-refractivity contribution in [1.82, 2.24) is 4.98 Å². The van der Waals surface area contributed by atoms with E-state index >= 15 is 0 Å². The summed E-state index contributed by atoms with van der Waals surface area (Å²) in [6, 6.07) is 8.65. The Morgan fingerprint density at radius 1 is 1.24 bits per heavy atom. The molecular formula is C16H19FN2O2. The number of ether oxygens (including phenoxy) is 2. The van der Waals surface area contributed by atoms with E-state index in [9.17, 15) is 4.39 Å². The lowest BCUT2D eigenvalue weighted by atomic mass is 10.2. The van der Waals surface area contributed by atoms with Crippen molar-refractivity contribution < 1.29 is 13.9 Å². The monoisotopic (exact) mass is 290 g/mol. The lowest BCUT2D eigenvalue weighted by Crippen LogP contribution is -2.08. The number of benzene rings is 1. The van der Waals surface area contributed by atoms with Gasteiger partial charge in [-0.3, -0.25) is 4.98 Å². The fourth-order valence-corrected chi connectivity index (χ4v) is 2.00. The maximum Gasteiger partial charge on any atom is 0.163 e. The molecule has 4 nitrogen and oxygen atoms in total. The molecule has 1 atom stereocenters. The van der Waals surface area contributed by atoms with Crippen molar-refractivity contribution in [1.29, 1.82) is 0 Å². The third kappa shape index (κ3) is 3.84. The van der Waals surface area contributed by atoms with Crippen LogP contribution in [0.25, 0.3) is 0 Å². The van der Waals surface area contributed by atoms with Gasteiger partial charge in [0.2, 0.25) is 0 Å². The van der Waals surface area contributed by atoms with Gasteiger partial charge in [-0.1, -0.05) is 0 Å². The Balaban J connectivity index is 2.15. The van der Waals surface area contributed by atoms with Gasteiger partial charge < -0.3 is 14.8 Å². The minimum atomic E-state index is -0.339. The summed E-state index contributed by atoms with van der Waals surface area (Å²) in [5, 5.41) is 3.31. The fraction of sp³-hybridized carbons (Fsp3) is 0.312. The van der Waals surface area contributed by atoms with Crippen molar-refractivity contribution in [2.75, 3.05) is 19.0 Å². The second-order valence-corrected chi connectivity index (χ2v) is 4.57. The van der Waals surface area contributed by atoms with Crippen LogP contribution in [0.2, 0.25) is 0 Å². The van der Waals surface area contributed by atoms with Crippen LogP contribution in [0.1, 0.15) is 25.6 Å². The molecule has 0 aliphatic rings. The van der Waals surface area contributed by atoms with Crippen LogP contribution in [0.5, 0.6) is 11.5 Å². The minimum Gasteiger partial charge on any atom is -0.493 e. The maximum absolute atomic E-state index is 12.9. The van der Waals surface area contributed by atoms with E-state index in [-0.39, 0.29) is 11.9 Å². The van der Waals surface area contributed by atoms with Gasteiger partial charge in [0.1, 0.15) is 5.82 Å². The Hall–Kier alpha value is -2.30. The largest absolute Gasteiger partial charge is 0.493 e. The average molecular weight is 290 g/mol. The van der Waals surface area contributed by atoms with E-state index in [2.05, 4.69) is 10.3 Å². The Labute approximate surface area is 123 Å². The van der Waals surface area contributed by atoms with Gasteiger partial charge in [0.05, 0.1) is 31.6 Å². The summed E-state index contributed by atoms with van der Waals surface area (Å²) >= 11 is 0. The van der Waals surface area contributed by atoms with Crippen LogP contribution in [0.15, 0.2) is 36.5 Å². The van der Waals surface area contributed by atoms with Crippen LogP contribution >= 0.6 is 0 Å². The molecule has 0 bridgehead atoms. The van der Waals surface area contributed by atoms with Crippen molar-refractivity contribution in [2.45, 2.75) is 19.9 Å². The highest BCUT2D eigenvalue weighted by molar-refractivity contribution is 5.55. The van der Waals surface area contributed by atoms with Crippen LogP contribution in [-0.4, -0.2) is 18.7 Å². The molecule has 1 N–H and O–H groups in total. The number of pyridine rings is 1. The SMILES string of the molecule is CCOc1cc(NC(C)c2ccc(F)cn2)ccc1OC. The highest BCUT2D eigenvalue weighted by atomic mass is 19.1. The van der Waals surface area contributed by atoms with Crippen molar-refractivity contribution >= 4 is 5.69 Å². The number of nitrogens with one attached hydrogen (secondary N) is 1. The molecule has 0 aliphatic carbocycles. The second-order valence-electron chi connectivity index (χ2n) is 4.57. The van der Waals surface area contributed by atoms with Gasteiger partial charge >= 0.3 is 0 Å². The molecular weight excluding hydrogens is 271 g/mol. The summed E-state index contributed by atoms with van der Waals surface area (Å²) < 4.78 is 23.7. The van der Waals surface area contributed by atoms with Crippen molar-refractivity contribution in [2.24, 2.45) is 0 Å². The summed E-state index contributed by atoms with van der Waals surface area (Å²) in [4.78, 5) is 4.07. The fourth-order valence-electron chi connectivity index (χ4n) is 2.00. The molecule has 0 saturated heterocycles. The molecule has 2 rings (SSSR count). The van der Waals surface area contributed by atoms with E-state index in [1.165, 1.54) is 12.3 Å². The van der Waals surface area contributed by atoms with Gasteiger partial charge in [0, 0.05) is 11.8 Å². The first-order chi connectivity index (χ1) is 10.1. The number of nitrogens with zero attached hydrogens (tertiary/aromatic N) is 1. The third-order valence-corrected chi connectivity index (χ3v) is 3.04. The molecule has 0 saturated carbocycles. The molecule has 0 aliphatic heterocycles. The second kappa shape index (κ2) is 6.92. The Morgan fingerprint density at radius 2 is 2.05 bits per heavy atom. The van der Waals surface area contributed by atoms with Gasteiger partial charge in [-0.15, -0.1) is 0 Å². The topological polar surface area (TPSA) is 43.4 Å². The lowest BCUT2D eigenvalue weighted by Gasteiger charge is -2.17. The first-order valence-corrected chi connectivity index (χ1v) is 6.83. The van der Waals surface area contributed by atoms with Crippen LogP contribution in [0.4, 0.5) is 10.1 Å². The number of rotatable bonds is 6. The van der Waals surface area contributed by atoms with Gasteiger partial charge in [-0.2, -0.15) is 0 Å². The third-order valence-electron chi connectivity index (χ3n) is 3.04. The molecule has 0 fully saturated rings. The zero-order chi connectivity index (χ0) is 15.2.